The van der Waals surface area contributed by atoms with E-state index in [4.69, 9.17) is 9.72 Å². The molecule has 38 heavy (non-hydrogen) atoms. The van der Waals surface area contributed by atoms with Crippen molar-refractivity contribution in [3.05, 3.63) is 63.7 Å². The van der Waals surface area contributed by atoms with Gasteiger partial charge in [0.2, 0.25) is 0 Å². The number of carboxylic acids is 1. The first-order valence-corrected chi connectivity index (χ1v) is 12.7. The highest BCUT2D eigenvalue weighted by molar-refractivity contribution is 5.85. The highest BCUT2D eigenvalue weighted by Crippen LogP contribution is 2.29. The average molecular weight is 562 g/mol. The number of halogens is 2. The molecule has 0 amide bonds. The summed E-state index contributed by atoms with van der Waals surface area (Å²) in [5.74, 6) is 0.146. The molecule has 0 unspecified atom stereocenters. The minimum Gasteiger partial charge on any atom is -0.481 e. The average Bonchev–Trinajstić information content (AvgIpc) is 3.52. The second kappa shape index (κ2) is 13.2. The van der Waals surface area contributed by atoms with Crippen molar-refractivity contribution in [2.45, 2.75) is 52.0 Å². The van der Waals surface area contributed by atoms with Crippen LogP contribution in [0.1, 0.15) is 43.2 Å². The van der Waals surface area contributed by atoms with Gasteiger partial charge in [-0.3, -0.25) is 14.6 Å². The van der Waals surface area contributed by atoms with Crippen LogP contribution in [-0.4, -0.2) is 45.0 Å². The summed E-state index contributed by atoms with van der Waals surface area (Å²) in [5.41, 5.74) is 5.52. The van der Waals surface area contributed by atoms with Gasteiger partial charge in [0, 0.05) is 55.9 Å². The van der Waals surface area contributed by atoms with Crippen molar-refractivity contribution in [3.63, 3.8) is 0 Å². The van der Waals surface area contributed by atoms with Crippen LogP contribution >= 0.6 is 24.8 Å². The van der Waals surface area contributed by atoms with Gasteiger partial charge in [0.15, 0.2) is 0 Å². The van der Waals surface area contributed by atoms with Gasteiger partial charge in [0.25, 0.3) is 5.56 Å². The summed E-state index contributed by atoms with van der Waals surface area (Å²) >= 11 is 0. The minimum absolute atomic E-state index is 0. The lowest BCUT2D eigenvalue weighted by Crippen LogP contribution is -2.21. The van der Waals surface area contributed by atoms with Crippen molar-refractivity contribution in [1.82, 2.24) is 14.5 Å². The summed E-state index contributed by atoms with van der Waals surface area (Å²) in [7, 11) is 0. The summed E-state index contributed by atoms with van der Waals surface area (Å²) in [6.45, 7) is 4.20. The van der Waals surface area contributed by atoms with Gasteiger partial charge in [-0.1, -0.05) is 6.07 Å². The number of rotatable bonds is 9. The molecule has 1 atom stereocenters. The molecule has 4 heterocycles. The number of aryl methyl sites for hydroxylation is 2. The Kier molecular flexibility index (Phi) is 10.3. The first-order chi connectivity index (χ1) is 17.5. The number of carbonyl (C=O) groups is 1. The van der Waals surface area contributed by atoms with E-state index in [-0.39, 0.29) is 30.4 Å². The molecular weight excluding hydrogens is 527 g/mol. The Morgan fingerprint density at radius 1 is 1.24 bits per heavy atom. The van der Waals surface area contributed by atoms with Crippen LogP contribution in [0.15, 0.2) is 52.0 Å². The number of aliphatic carboxylic acids is 1. The number of ether oxygens (including phenoxy) is 1. The zero-order valence-electron chi connectivity index (χ0n) is 21.4. The van der Waals surface area contributed by atoms with Crippen molar-refractivity contribution in [1.29, 1.82) is 0 Å². The Labute approximate surface area is 234 Å². The van der Waals surface area contributed by atoms with E-state index in [2.05, 4.69) is 32.7 Å². The van der Waals surface area contributed by atoms with Crippen LogP contribution in [-0.2, 0) is 22.5 Å². The van der Waals surface area contributed by atoms with Crippen molar-refractivity contribution in [3.8, 4) is 11.4 Å². The predicted octanol–water partition coefficient (Wildman–Crippen LogP) is 5.35. The maximum atomic E-state index is 12.0. The summed E-state index contributed by atoms with van der Waals surface area (Å²) < 4.78 is 7.81. The molecule has 0 spiro atoms. The number of aliphatic imine (C=N–C) groups is 1. The Bertz CT molecular complexity index is 1390. The number of nitrogens with one attached hydrogen (secondary N) is 1. The number of carboxylic acid groups (broad SMARTS) is 1. The lowest BCUT2D eigenvalue weighted by Gasteiger charge is -2.23. The lowest BCUT2D eigenvalue weighted by atomic mass is 9.92. The fourth-order valence-corrected chi connectivity index (χ4v) is 5.14. The maximum Gasteiger partial charge on any atom is 0.306 e. The van der Waals surface area contributed by atoms with E-state index in [1.807, 2.05) is 12.3 Å². The van der Waals surface area contributed by atoms with Crippen molar-refractivity contribution < 1.29 is 14.6 Å². The van der Waals surface area contributed by atoms with E-state index >= 15 is 0 Å². The number of aromatic amines is 1. The van der Waals surface area contributed by atoms with Gasteiger partial charge in [-0.05, 0) is 74.3 Å². The molecule has 204 valence electrons. The van der Waals surface area contributed by atoms with Crippen molar-refractivity contribution >= 4 is 48.0 Å². The van der Waals surface area contributed by atoms with Crippen molar-refractivity contribution in [2.24, 2.45) is 16.8 Å². The SMILES string of the molecule is Cc1cc(-c2nc3cc(CC[C@@H](CC4=CN=CC4)C(=O)O)ccc3n2CC2CCOCC2)c[nH]c1=O.Cl.Cl. The number of imidazole rings is 1. The fraction of sp³-hybridized carbons (Fsp3) is 0.429. The molecule has 1 fully saturated rings. The molecule has 0 radical (unpaired) electrons. The minimum atomic E-state index is -0.764. The van der Waals surface area contributed by atoms with E-state index in [1.165, 1.54) is 0 Å². The van der Waals surface area contributed by atoms with E-state index in [1.54, 1.807) is 19.3 Å². The first kappa shape index (κ1) is 29.6. The second-order valence-electron chi connectivity index (χ2n) is 9.93. The number of aromatic nitrogens is 3. The zero-order chi connectivity index (χ0) is 25.1. The van der Waals surface area contributed by atoms with Crippen LogP contribution in [0.2, 0.25) is 0 Å². The number of benzene rings is 1. The standard InChI is InChI=1S/C28H32N4O4.2ClH/c1-18-12-23(16-30-27(18)33)26-31-24-14-19(2-4-22(28(34)35)13-21-6-9-29-15-21)3-5-25(24)32(26)17-20-7-10-36-11-8-20;;/h3,5,9,12,14-16,20,22H,2,4,6-8,10-11,13,17H2,1H3,(H,30,33)(H,34,35);2*1H/t22-;;/m0../s1. The number of nitrogens with zero attached hydrogens (tertiary/aromatic N) is 3. The highest BCUT2D eigenvalue weighted by Gasteiger charge is 2.22. The molecule has 5 rings (SSSR count). The van der Waals surface area contributed by atoms with Gasteiger partial charge in [0.05, 0.1) is 17.0 Å². The zero-order valence-corrected chi connectivity index (χ0v) is 23.0. The fourth-order valence-electron chi connectivity index (χ4n) is 5.14. The van der Waals surface area contributed by atoms with Gasteiger partial charge < -0.3 is 19.4 Å². The largest absolute Gasteiger partial charge is 0.481 e. The molecule has 2 N–H and O–H groups in total. The number of hydrogen-bond acceptors (Lipinski definition) is 5. The molecule has 2 aliphatic heterocycles. The number of hydrogen-bond donors (Lipinski definition) is 2. The molecule has 0 bridgehead atoms. The van der Waals surface area contributed by atoms with Crippen LogP contribution < -0.4 is 5.56 Å². The monoisotopic (exact) mass is 560 g/mol. The molecule has 3 aromatic rings. The topological polar surface area (TPSA) is 110 Å². The first-order valence-electron chi connectivity index (χ1n) is 12.7. The Morgan fingerprint density at radius 2 is 2.03 bits per heavy atom. The quantitative estimate of drug-likeness (QED) is 0.366. The molecular formula is C28H34Cl2N4O4. The van der Waals surface area contributed by atoms with Gasteiger partial charge in [0.1, 0.15) is 5.82 Å². The third-order valence-corrected chi connectivity index (χ3v) is 7.30. The lowest BCUT2D eigenvalue weighted by molar-refractivity contribution is -0.141. The molecule has 2 aromatic heterocycles. The Morgan fingerprint density at radius 3 is 2.71 bits per heavy atom. The second-order valence-corrected chi connectivity index (χ2v) is 9.93. The normalized spacial score (nSPS) is 16.1. The van der Waals surface area contributed by atoms with E-state index in [0.717, 1.165) is 72.6 Å². The highest BCUT2D eigenvalue weighted by atomic mass is 35.5. The summed E-state index contributed by atoms with van der Waals surface area (Å²) in [6.07, 6.45) is 9.87. The Balaban J connectivity index is 0.00000200. The van der Waals surface area contributed by atoms with Crippen LogP contribution in [0.4, 0.5) is 0 Å². The summed E-state index contributed by atoms with van der Waals surface area (Å²) in [6, 6.07) is 8.15. The smallest absolute Gasteiger partial charge is 0.306 e. The molecule has 8 nitrogen and oxygen atoms in total. The van der Waals surface area contributed by atoms with Crippen LogP contribution in [0.5, 0.6) is 0 Å². The van der Waals surface area contributed by atoms with E-state index < -0.39 is 11.9 Å². The van der Waals surface area contributed by atoms with Crippen LogP contribution in [0, 0.1) is 18.8 Å². The van der Waals surface area contributed by atoms with Crippen molar-refractivity contribution in [2.75, 3.05) is 13.2 Å². The van der Waals surface area contributed by atoms with E-state index in [9.17, 15) is 14.7 Å². The molecule has 0 saturated carbocycles. The molecule has 10 heteroatoms. The van der Waals surface area contributed by atoms with E-state index in [0.29, 0.717) is 30.7 Å². The number of pyridine rings is 1. The molecule has 1 aromatic carbocycles. The predicted molar refractivity (Wildman–Crippen MR) is 154 cm³/mol. The molecule has 0 aliphatic carbocycles. The maximum absolute atomic E-state index is 12.0. The van der Waals surface area contributed by atoms with Gasteiger partial charge in [-0.2, -0.15) is 0 Å². The van der Waals surface area contributed by atoms with Gasteiger partial charge in [-0.15, -0.1) is 24.8 Å². The summed E-state index contributed by atoms with van der Waals surface area (Å²) in [4.78, 5) is 35.7. The number of fused-ring (bicyclic) bond motifs is 1. The number of H-pyrrole nitrogens is 1. The van der Waals surface area contributed by atoms with Gasteiger partial charge in [-0.25, -0.2) is 4.98 Å². The third kappa shape index (κ3) is 6.73. The molecule has 2 aliphatic rings. The van der Waals surface area contributed by atoms with Crippen LogP contribution in [0.25, 0.3) is 22.4 Å². The van der Waals surface area contributed by atoms with Crippen LogP contribution in [0.3, 0.4) is 0 Å². The Hall–Kier alpha value is -2.94. The summed E-state index contributed by atoms with van der Waals surface area (Å²) in [5, 5.41) is 9.73. The number of allylic oxidation sites excluding steroid dienone is 1. The third-order valence-electron chi connectivity index (χ3n) is 7.30. The van der Waals surface area contributed by atoms with Gasteiger partial charge >= 0.3 is 5.97 Å². The molecule has 1 saturated heterocycles.